The van der Waals surface area contributed by atoms with Gasteiger partial charge in [-0.15, -0.1) is 0 Å². The predicted octanol–water partition coefficient (Wildman–Crippen LogP) is 2.76. The highest BCUT2D eigenvalue weighted by Gasteiger charge is 2.37. The molecule has 0 radical (unpaired) electrons. The van der Waals surface area contributed by atoms with Crippen molar-refractivity contribution in [1.82, 2.24) is 5.32 Å². The molecule has 0 aromatic heterocycles. The molecule has 1 aliphatic rings. The molecule has 0 amide bonds. The van der Waals surface area contributed by atoms with E-state index in [4.69, 9.17) is 4.74 Å². The second-order valence-electron chi connectivity index (χ2n) is 5.76. The second-order valence-corrected chi connectivity index (χ2v) is 5.76. The smallest absolute Gasteiger partial charge is 0.120 e. The summed E-state index contributed by atoms with van der Waals surface area (Å²) >= 11 is 0. The van der Waals surface area contributed by atoms with Gasteiger partial charge in [0.25, 0.3) is 0 Å². The lowest BCUT2D eigenvalue weighted by molar-refractivity contribution is 0.112. The van der Waals surface area contributed by atoms with Crippen molar-refractivity contribution >= 4 is 0 Å². The highest BCUT2D eigenvalue weighted by atomic mass is 16.5. The Morgan fingerprint density at radius 3 is 3.10 bits per heavy atom. The molecule has 4 heteroatoms. The minimum Gasteiger partial charge on any atom is -0.490 e. The number of nitrogens with one attached hydrogen (secondary N) is 1. The zero-order valence-electron chi connectivity index (χ0n) is 12.6. The summed E-state index contributed by atoms with van der Waals surface area (Å²) in [7, 11) is 0. The second kappa shape index (κ2) is 7.44. The van der Waals surface area contributed by atoms with Gasteiger partial charge in [-0.3, -0.25) is 5.32 Å². The van der Waals surface area contributed by atoms with Crippen molar-refractivity contribution in [3.05, 3.63) is 29.8 Å². The maximum absolute atomic E-state index is 9.53. The van der Waals surface area contributed by atoms with Crippen LogP contribution in [0.5, 0.6) is 5.75 Å². The topological polar surface area (TPSA) is 65.3 Å². The quantitative estimate of drug-likeness (QED) is 0.844. The number of hydrogen-bond donors (Lipinski definition) is 2. The molecule has 0 heterocycles. The summed E-state index contributed by atoms with van der Waals surface area (Å²) in [6.07, 6.45) is 4.65. The third-order valence-corrected chi connectivity index (χ3v) is 4.02. The van der Waals surface area contributed by atoms with Gasteiger partial charge in [0, 0.05) is 6.42 Å². The van der Waals surface area contributed by atoms with Gasteiger partial charge in [-0.1, -0.05) is 19.1 Å². The SMILES string of the molecule is CCCNC1(C#N)CCCC(Oc2cccc(CO)c2)C1. The molecule has 2 unspecified atom stereocenters. The average molecular weight is 288 g/mol. The first-order valence-corrected chi connectivity index (χ1v) is 7.74. The van der Waals surface area contributed by atoms with Gasteiger partial charge in [0.05, 0.1) is 12.7 Å². The molecule has 2 rings (SSSR count). The molecule has 0 aliphatic heterocycles. The monoisotopic (exact) mass is 288 g/mol. The molecule has 4 nitrogen and oxygen atoms in total. The Labute approximate surface area is 126 Å². The summed E-state index contributed by atoms with van der Waals surface area (Å²) in [6.45, 7) is 2.98. The van der Waals surface area contributed by atoms with Crippen LogP contribution in [0.3, 0.4) is 0 Å². The average Bonchev–Trinajstić information content (AvgIpc) is 2.53. The normalized spacial score (nSPS) is 25.3. The Bertz CT molecular complexity index is 498. The lowest BCUT2D eigenvalue weighted by Crippen LogP contribution is -2.50. The van der Waals surface area contributed by atoms with Gasteiger partial charge in [0.1, 0.15) is 17.4 Å². The largest absolute Gasteiger partial charge is 0.490 e. The van der Waals surface area contributed by atoms with Crippen LogP contribution in [0.15, 0.2) is 24.3 Å². The first-order valence-electron chi connectivity index (χ1n) is 7.74. The summed E-state index contributed by atoms with van der Waals surface area (Å²) in [5.74, 6) is 0.774. The number of aliphatic hydroxyl groups is 1. The van der Waals surface area contributed by atoms with Crippen LogP contribution in [-0.4, -0.2) is 23.3 Å². The van der Waals surface area contributed by atoms with Crippen LogP contribution in [0.2, 0.25) is 0 Å². The number of ether oxygens (including phenoxy) is 1. The van der Waals surface area contributed by atoms with Gasteiger partial charge in [-0.2, -0.15) is 5.26 Å². The minimum atomic E-state index is -0.451. The predicted molar refractivity (Wildman–Crippen MR) is 81.9 cm³/mol. The van der Waals surface area contributed by atoms with E-state index in [1.807, 2.05) is 24.3 Å². The molecule has 21 heavy (non-hydrogen) atoms. The van der Waals surface area contributed by atoms with Gasteiger partial charge in [-0.05, 0) is 49.9 Å². The highest BCUT2D eigenvalue weighted by Crippen LogP contribution is 2.31. The number of nitrogens with zero attached hydrogens (tertiary/aromatic N) is 1. The van der Waals surface area contributed by atoms with Crippen LogP contribution >= 0.6 is 0 Å². The molecule has 0 bridgehead atoms. The summed E-state index contributed by atoms with van der Waals surface area (Å²) in [5, 5.41) is 22.1. The van der Waals surface area contributed by atoms with E-state index in [0.29, 0.717) is 6.42 Å². The van der Waals surface area contributed by atoms with Gasteiger partial charge < -0.3 is 9.84 Å². The van der Waals surface area contributed by atoms with Gasteiger partial charge in [0.15, 0.2) is 0 Å². The number of rotatable bonds is 6. The summed E-state index contributed by atoms with van der Waals surface area (Å²) in [4.78, 5) is 0. The molecular formula is C17H24N2O2. The van der Waals surface area contributed by atoms with E-state index in [2.05, 4.69) is 18.3 Å². The molecule has 2 N–H and O–H groups in total. The molecule has 1 fully saturated rings. The third kappa shape index (κ3) is 4.20. The van der Waals surface area contributed by atoms with Crippen LogP contribution in [0.4, 0.5) is 0 Å². The van der Waals surface area contributed by atoms with Crippen LogP contribution in [0.1, 0.15) is 44.6 Å². The third-order valence-electron chi connectivity index (χ3n) is 4.02. The van der Waals surface area contributed by atoms with Crippen molar-refractivity contribution in [2.75, 3.05) is 6.54 Å². The Kier molecular flexibility index (Phi) is 5.60. The first kappa shape index (κ1) is 15.8. The van der Waals surface area contributed by atoms with E-state index in [9.17, 15) is 10.4 Å². The van der Waals surface area contributed by atoms with E-state index in [0.717, 1.165) is 43.5 Å². The van der Waals surface area contributed by atoms with E-state index < -0.39 is 5.54 Å². The standard InChI is InChI=1S/C17H24N2O2/c1-2-9-19-17(13-18)8-4-7-16(11-17)21-15-6-3-5-14(10-15)12-20/h3,5-6,10,16,19-20H,2,4,7-9,11-12H2,1H3. The Hall–Kier alpha value is -1.57. The van der Waals surface area contributed by atoms with Crippen molar-refractivity contribution in [3.8, 4) is 11.8 Å². The molecule has 0 saturated heterocycles. The molecule has 1 saturated carbocycles. The number of benzene rings is 1. The van der Waals surface area contributed by atoms with Crippen molar-refractivity contribution in [1.29, 1.82) is 5.26 Å². The molecule has 0 spiro atoms. The molecule has 1 aliphatic carbocycles. The molecule has 2 atom stereocenters. The van der Waals surface area contributed by atoms with Gasteiger partial charge in [-0.25, -0.2) is 0 Å². The Morgan fingerprint density at radius 1 is 1.52 bits per heavy atom. The fourth-order valence-corrected chi connectivity index (χ4v) is 2.90. The maximum atomic E-state index is 9.53. The van der Waals surface area contributed by atoms with E-state index in [1.54, 1.807) is 0 Å². The number of hydrogen-bond acceptors (Lipinski definition) is 4. The zero-order valence-corrected chi connectivity index (χ0v) is 12.6. The number of nitriles is 1. The molecule has 114 valence electrons. The van der Waals surface area contributed by atoms with Gasteiger partial charge >= 0.3 is 0 Å². The summed E-state index contributed by atoms with van der Waals surface area (Å²) in [6, 6.07) is 9.98. The van der Waals surface area contributed by atoms with Crippen LogP contribution < -0.4 is 10.1 Å². The van der Waals surface area contributed by atoms with Crippen LogP contribution in [-0.2, 0) is 6.61 Å². The highest BCUT2D eigenvalue weighted by molar-refractivity contribution is 5.28. The summed E-state index contributed by atoms with van der Waals surface area (Å²) in [5.41, 5.74) is 0.395. The van der Waals surface area contributed by atoms with Crippen molar-refractivity contribution in [3.63, 3.8) is 0 Å². The molecule has 1 aromatic carbocycles. The fourth-order valence-electron chi connectivity index (χ4n) is 2.90. The van der Waals surface area contributed by atoms with Crippen molar-refractivity contribution < 1.29 is 9.84 Å². The van der Waals surface area contributed by atoms with Crippen LogP contribution in [0.25, 0.3) is 0 Å². The van der Waals surface area contributed by atoms with E-state index in [-0.39, 0.29) is 12.7 Å². The lowest BCUT2D eigenvalue weighted by atomic mass is 9.81. The maximum Gasteiger partial charge on any atom is 0.120 e. The summed E-state index contributed by atoms with van der Waals surface area (Å²) < 4.78 is 6.03. The first-order chi connectivity index (χ1) is 10.2. The fraction of sp³-hybridized carbons (Fsp3) is 0.588. The van der Waals surface area contributed by atoms with Crippen molar-refractivity contribution in [2.45, 2.75) is 57.3 Å². The molecule has 1 aromatic rings. The van der Waals surface area contributed by atoms with Crippen LogP contribution in [0, 0.1) is 11.3 Å². The molecular weight excluding hydrogens is 264 g/mol. The Balaban J connectivity index is 2.01. The lowest BCUT2D eigenvalue weighted by Gasteiger charge is -2.36. The minimum absolute atomic E-state index is 0.0159. The van der Waals surface area contributed by atoms with Gasteiger partial charge in [0.2, 0.25) is 0 Å². The van der Waals surface area contributed by atoms with E-state index in [1.165, 1.54) is 0 Å². The van der Waals surface area contributed by atoms with Crippen molar-refractivity contribution in [2.24, 2.45) is 0 Å². The Morgan fingerprint density at radius 2 is 2.38 bits per heavy atom. The number of aliphatic hydroxyl groups excluding tert-OH is 1. The zero-order chi connectivity index (χ0) is 15.1. The van der Waals surface area contributed by atoms with E-state index >= 15 is 0 Å².